The molecule has 0 radical (unpaired) electrons. The summed E-state index contributed by atoms with van der Waals surface area (Å²) in [5.41, 5.74) is 0.276. The van der Waals surface area contributed by atoms with E-state index in [1.165, 1.54) is 17.3 Å². The molecule has 1 aromatic carbocycles. The number of piperidine rings is 1. The van der Waals surface area contributed by atoms with Crippen LogP contribution in [0, 0.1) is 18.7 Å². The summed E-state index contributed by atoms with van der Waals surface area (Å²) in [7, 11) is -2.01. The summed E-state index contributed by atoms with van der Waals surface area (Å²) in [6.07, 6.45) is 2.56. The van der Waals surface area contributed by atoms with Gasteiger partial charge in [0, 0.05) is 26.8 Å². The van der Waals surface area contributed by atoms with Crippen LogP contribution in [0.5, 0.6) is 0 Å². The Morgan fingerprint density at radius 1 is 1.36 bits per heavy atom. The van der Waals surface area contributed by atoms with Gasteiger partial charge in [-0.2, -0.15) is 4.31 Å². The lowest BCUT2D eigenvalue weighted by Crippen LogP contribution is -2.38. The molecule has 2 rings (SSSR count). The van der Waals surface area contributed by atoms with Crippen LogP contribution >= 0.6 is 11.6 Å². The Morgan fingerprint density at radius 3 is 2.59 bits per heavy atom. The maximum absolute atomic E-state index is 13.5. The fourth-order valence-electron chi connectivity index (χ4n) is 2.69. The first-order chi connectivity index (χ1) is 10.4. The number of hydrogen-bond donors (Lipinski definition) is 0. The summed E-state index contributed by atoms with van der Waals surface area (Å²) in [5, 5.41) is -0.0652. The minimum Gasteiger partial charge on any atom is -0.385 e. The van der Waals surface area contributed by atoms with Crippen LogP contribution in [-0.2, 0) is 14.8 Å². The van der Waals surface area contributed by atoms with Gasteiger partial charge in [0.2, 0.25) is 10.0 Å². The van der Waals surface area contributed by atoms with E-state index in [0.29, 0.717) is 25.6 Å². The molecule has 4 nitrogen and oxygen atoms in total. The molecule has 0 bridgehead atoms. The van der Waals surface area contributed by atoms with Gasteiger partial charge in [-0.1, -0.05) is 11.6 Å². The number of ether oxygens (including phenoxy) is 1. The van der Waals surface area contributed by atoms with E-state index in [2.05, 4.69) is 0 Å². The van der Waals surface area contributed by atoms with Crippen molar-refractivity contribution < 1.29 is 17.5 Å². The number of nitrogens with zero attached hydrogens (tertiary/aromatic N) is 1. The van der Waals surface area contributed by atoms with Gasteiger partial charge in [0.15, 0.2) is 0 Å². The van der Waals surface area contributed by atoms with E-state index in [1.54, 1.807) is 7.11 Å². The molecular weight excluding hydrogens is 329 g/mol. The van der Waals surface area contributed by atoms with Crippen molar-refractivity contribution in [3.05, 3.63) is 28.5 Å². The van der Waals surface area contributed by atoms with Crippen LogP contribution in [0.25, 0.3) is 0 Å². The number of rotatable bonds is 5. The topological polar surface area (TPSA) is 46.6 Å². The van der Waals surface area contributed by atoms with Crippen LogP contribution in [0.2, 0.25) is 5.02 Å². The van der Waals surface area contributed by atoms with Crippen molar-refractivity contribution in [2.24, 2.45) is 5.92 Å². The van der Waals surface area contributed by atoms with E-state index >= 15 is 0 Å². The molecule has 1 aliphatic rings. The fraction of sp³-hybridized carbons (Fsp3) is 0.600. The third-order valence-corrected chi connectivity index (χ3v) is 6.50. The minimum atomic E-state index is -3.67. The zero-order valence-corrected chi connectivity index (χ0v) is 14.4. The summed E-state index contributed by atoms with van der Waals surface area (Å²) < 4.78 is 45.3. The van der Waals surface area contributed by atoms with Crippen molar-refractivity contribution in [2.75, 3.05) is 26.8 Å². The largest absolute Gasteiger partial charge is 0.385 e. The molecule has 0 unspecified atom stereocenters. The Kier molecular flexibility index (Phi) is 5.82. The molecule has 1 aromatic rings. The van der Waals surface area contributed by atoms with Crippen LogP contribution < -0.4 is 0 Å². The molecule has 0 aliphatic carbocycles. The molecule has 22 heavy (non-hydrogen) atoms. The summed E-state index contributed by atoms with van der Waals surface area (Å²) in [6.45, 7) is 3.15. The van der Waals surface area contributed by atoms with Crippen LogP contribution in [0.3, 0.4) is 0 Å². The SMILES string of the molecule is COCCC1CCN(S(=O)(=O)c2cc(C)c(F)cc2Cl)CC1. The van der Waals surface area contributed by atoms with Crippen molar-refractivity contribution in [3.63, 3.8) is 0 Å². The van der Waals surface area contributed by atoms with Crippen LogP contribution in [-0.4, -0.2) is 39.5 Å². The molecule has 1 saturated heterocycles. The Hall–Kier alpha value is -0.690. The van der Waals surface area contributed by atoms with Crippen molar-refractivity contribution in [3.8, 4) is 0 Å². The van der Waals surface area contributed by atoms with Gasteiger partial charge in [0.05, 0.1) is 5.02 Å². The lowest BCUT2D eigenvalue weighted by molar-refractivity contribution is 0.158. The highest BCUT2D eigenvalue weighted by molar-refractivity contribution is 7.89. The first-order valence-electron chi connectivity index (χ1n) is 7.31. The maximum Gasteiger partial charge on any atom is 0.244 e. The van der Waals surface area contributed by atoms with Gasteiger partial charge in [0.1, 0.15) is 10.7 Å². The number of hydrogen-bond acceptors (Lipinski definition) is 3. The normalized spacial score (nSPS) is 17.8. The van der Waals surface area contributed by atoms with E-state index in [4.69, 9.17) is 16.3 Å². The van der Waals surface area contributed by atoms with Gasteiger partial charge < -0.3 is 4.74 Å². The van der Waals surface area contributed by atoms with Crippen LogP contribution in [0.15, 0.2) is 17.0 Å². The second kappa shape index (κ2) is 7.25. The van der Waals surface area contributed by atoms with Gasteiger partial charge in [0.25, 0.3) is 0 Å². The minimum absolute atomic E-state index is 0.0107. The molecule has 0 atom stereocenters. The second-order valence-corrected chi connectivity index (χ2v) is 7.97. The van der Waals surface area contributed by atoms with E-state index in [1.807, 2.05) is 0 Å². The summed E-state index contributed by atoms with van der Waals surface area (Å²) in [4.78, 5) is -0.0107. The Bertz CT molecular complexity index is 628. The molecular formula is C15H21ClFNO3S. The van der Waals surface area contributed by atoms with Crippen molar-refractivity contribution in [1.82, 2.24) is 4.31 Å². The lowest BCUT2D eigenvalue weighted by atomic mass is 9.95. The molecule has 7 heteroatoms. The molecule has 0 spiro atoms. The number of sulfonamides is 1. The molecule has 0 saturated carbocycles. The molecule has 1 heterocycles. The quantitative estimate of drug-likeness (QED) is 0.820. The monoisotopic (exact) mass is 349 g/mol. The molecule has 0 N–H and O–H groups in total. The van der Waals surface area contributed by atoms with Crippen molar-refractivity contribution >= 4 is 21.6 Å². The predicted molar refractivity (Wildman–Crippen MR) is 84.1 cm³/mol. The molecule has 1 aliphatic heterocycles. The van der Waals surface area contributed by atoms with Crippen molar-refractivity contribution in [2.45, 2.75) is 31.1 Å². The Labute approximate surface area is 136 Å². The van der Waals surface area contributed by atoms with E-state index in [9.17, 15) is 12.8 Å². The van der Waals surface area contributed by atoms with Crippen molar-refractivity contribution in [1.29, 1.82) is 0 Å². The maximum atomic E-state index is 13.5. The highest BCUT2D eigenvalue weighted by Gasteiger charge is 2.31. The Morgan fingerprint density at radius 2 is 2.00 bits per heavy atom. The number of halogens is 2. The molecule has 124 valence electrons. The average Bonchev–Trinajstić information content (AvgIpc) is 2.49. The summed E-state index contributed by atoms with van der Waals surface area (Å²) in [6, 6.07) is 2.37. The predicted octanol–water partition coefficient (Wildman–Crippen LogP) is 3.22. The summed E-state index contributed by atoms with van der Waals surface area (Å²) >= 11 is 5.94. The summed E-state index contributed by atoms with van der Waals surface area (Å²) in [5.74, 6) is -0.0148. The third kappa shape index (κ3) is 3.79. The van der Waals surface area contributed by atoms with Gasteiger partial charge in [-0.05, 0) is 49.8 Å². The molecule has 0 amide bonds. The number of methoxy groups -OCH3 is 1. The number of benzene rings is 1. The first kappa shape index (κ1) is 17.7. The molecule has 1 fully saturated rings. The zero-order chi connectivity index (χ0) is 16.3. The van der Waals surface area contributed by atoms with Crippen LogP contribution in [0.1, 0.15) is 24.8 Å². The zero-order valence-electron chi connectivity index (χ0n) is 12.8. The lowest BCUT2D eigenvalue weighted by Gasteiger charge is -2.31. The molecule has 0 aromatic heterocycles. The van der Waals surface area contributed by atoms with Gasteiger partial charge >= 0.3 is 0 Å². The smallest absolute Gasteiger partial charge is 0.244 e. The highest BCUT2D eigenvalue weighted by atomic mass is 35.5. The number of aryl methyl sites for hydroxylation is 1. The van der Waals surface area contributed by atoms with E-state index in [0.717, 1.165) is 25.3 Å². The van der Waals surface area contributed by atoms with E-state index < -0.39 is 15.8 Å². The van der Waals surface area contributed by atoms with E-state index in [-0.39, 0.29) is 15.5 Å². The Balaban J connectivity index is 2.14. The standard InChI is InChI=1S/C15H21ClFNO3S/c1-11-9-15(13(16)10-14(11)17)22(19,20)18-6-3-12(4-7-18)5-8-21-2/h9-10,12H,3-8H2,1-2H3. The highest BCUT2D eigenvalue weighted by Crippen LogP contribution is 2.30. The van der Waals surface area contributed by atoms with Crippen LogP contribution in [0.4, 0.5) is 4.39 Å². The fourth-order valence-corrected chi connectivity index (χ4v) is 4.73. The second-order valence-electron chi connectivity index (χ2n) is 5.66. The van der Waals surface area contributed by atoms with Gasteiger partial charge in [-0.25, -0.2) is 12.8 Å². The van der Waals surface area contributed by atoms with Gasteiger partial charge in [-0.15, -0.1) is 0 Å². The average molecular weight is 350 g/mol. The third-order valence-electron chi connectivity index (χ3n) is 4.13. The first-order valence-corrected chi connectivity index (χ1v) is 9.12. The van der Waals surface area contributed by atoms with Gasteiger partial charge in [-0.3, -0.25) is 0 Å².